The molecule has 1 amide bonds. The van der Waals surface area contributed by atoms with E-state index in [0.717, 1.165) is 6.42 Å². The summed E-state index contributed by atoms with van der Waals surface area (Å²) in [6, 6.07) is -0.916. The maximum Gasteiger partial charge on any atom is 0.328 e. The fraction of sp³-hybridized carbons (Fsp3) is 0.786. The Bertz CT molecular complexity index is 342. The summed E-state index contributed by atoms with van der Waals surface area (Å²) in [5.74, 6) is -1.68. The van der Waals surface area contributed by atoms with Gasteiger partial charge in [-0.2, -0.15) is 0 Å². The van der Waals surface area contributed by atoms with Gasteiger partial charge in [0.15, 0.2) is 0 Å². The van der Waals surface area contributed by atoms with Crippen molar-refractivity contribution in [2.24, 2.45) is 5.92 Å². The predicted molar refractivity (Wildman–Crippen MR) is 75.3 cm³/mol. The second kappa shape index (κ2) is 11.1. The number of esters is 2. The smallest absolute Gasteiger partial charge is 0.328 e. The topological polar surface area (TPSA) is 102 Å². The Labute approximate surface area is 125 Å². The molecule has 7 nitrogen and oxygen atoms in total. The molecule has 0 aromatic heterocycles. The molecule has 0 aliphatic heterocycles. The standard InChI is InChI=1S/C14H25NO6/c1-4-8-20-12(17)6-5-11(14(19)21-9-7-16)15-13(18)10(2)3/h10-11,16H,4-9H2,1-3H3,(H,15,18). The summed E-state index contributed by atoms with van der Waals surface area (Å²) < 4.78 is 9.70. The number of ether oxygens (including phenoxy) is 2. The summed E-state index contributed by atoms with van der Waals surface area (Å²) >= 11 is 0. The van der Waals surface area contributed by atoms with E-state index in [1.165, 1.54) is 0 Å². The maximum absolute atomic E-state index is 11.8. The largest absolute Gasteiger partial charge is 0.466 e. The molecule has 0 aromatic rings. The highest BCUT2D eigenvalue weighted by Gasteiger charge is 2.24. The van der Waals surface area contributed by atoms with Crippen LogP contribution < -0.4 is 5.32 Å². The quantitative estimate of drug-likeness (QED) is 0.566. The van der Waals surface area contributed by atoms with Crippen LogP contribution in [0.3, 0.4) is 0 Å². The van der Waals surface area contributed by atoms with Crippen molar-refractivity contribution < 1.29 is 29.0 Å². The van der Waals surface area contributed by atoms with Gasteiger partial charge in [0.25, 0.3) is 0 Å². The van der Waals surface area contributed by atoms with Crippen molar-refractivity contribution in [1.82, 2.24) is 5.32 Å². The van der Waals surface area contributed by atoms with Crippen LogP contribution in [0.5, 0.6) is 0 Å². The van der Waals surface area contributed by atoms with Gasteiger partial charge in [0.1, 0.15) is 12.6 Å². The molecule has 21 heavy (non-hydrogen) atoms. The molecule has 0 aliphatic rings. The molecule has 1 atom stereocenters. The number of hydrogen-bond acceptors (Lipinski definition) is 6. The first kappa shape index (κ1) is 19.4. The fourth-order valence-electron chi connectivity index (χ4n) is 1.38. The molecule has 2 N–H and O–H groups in total. The first-order chi connectivity index (χ1) is 9.92. The van der Waals surface area contributed by atoms with E-state index in [1.807, 2.05) is 6.92 Å². The highest BCUT2D eigenvalue weighted by Crippen LogP contribution is 2.04. The third-order valence-corrected chi connectivity index (χ3v) is 2.57. The number of aliphatic hydroxyl groups excluding tert-OH is 1. The Hall–Kier alpha value is -1.63. The lowest BCUT2D eigenvalue weighted by Crippen LogP contribution is -2.44. The zero-order valence-electron chi connectivity index (χ0n) is 12.9. The second-order valence-electron chi connectivity index (χ2n) is 4.87. The predicted octanol–water partition coefficient (Wildman–Crippen LogP) is 0.396. The summed E-state index contributed by atoms with van der Waals surface area (Å²) in [7, 11) is 0. The van der Waals surface area contributed by atoms with Gasteiger partial charge in [-0.25, -0.2) is 4.79 Å². The van der Waals surface area contributed by atoms with Crippen LogP contribution >= 0.6 is 0 Å². The SMILES string of the molecule is CCCOC(=O)CCC(NC(=O)C(C)C)C(=O)OCCO. The molecular formula is C14H25NO6. The van der Waals surface area contributed by atoms with E-state index >= 15 is 0 Å². The van der Waals surface area contributed by atoms with Gasteiger partial charge in [-0.15, -0.1) is 0 Å². The Morgan fingerprint density at radius 3 is 2.33 bits per heavy atom. The van der Waals surface area contributed by atoms with E-state index < -0.39 is 18.0 Å². The van der Waals surface area contributed by atoms with Crippen molar-refractivity contribution >= 4 is 17.8 Å². The van der Waals surface area contributed by atoms with Gasteiger partial charge < -0.3 is 19.9 Å². The van der Waals surface area contributed by atoms with Crippen LogP contribution in [0, 0.1) is 5.92 Å². The van der Waals surface area contributed by atoms with E-state index in [9.17, 15) is 14.4 Å². The molecule has 0 bridgehead atoms. The van der Waals surface area contributed by atoms with Crippen molar-refractivity contribution in [3.05, 3.63) is 0 Å². The van der Waals surface area contributed by atoms with Crippen molar-refractivity contribution in [3.8, 4) is 0 Å². The molecule has 1 unspecified atom stereocenters. The third-order valence-electron chi connectivity index (χ3n) is 2.57. The normalized spacial score (nSPS) is 11.9. The fourth-order valence-corrected chi connectivity index (χ4v) is 1.38. The number of nitrogens with one attached hydrogen (secondary N) is 1. The lowest BCUT2D eigenvalue weighted by atomic mass is 10.1. The molecule has 7 heteroatoms. The maximum atomic E-state index is 11.8. The Morgan fingerprint density at radius 1 is 1.14 bits per heavy atom. The second-order valence-corrected chi connectivity index (χ2v) is 4.87. The highest BCUT2D eigenvalue weighted by atomic mass is 16.5. The van der Waals surface area contributed by atoms with E-state index in [0.29, 0.717) is 6.61 Å². The molecule has 0 aliphatic carbocycles. The van der Waals surface area contributed by atoms with Crippen LogP contribution in [-0.4, -0.2) is 48.8 Å². The van der Waals surface area contributed by atoms with Crippen molar-refractivity contribution in [2.75, 3.05) is 19.8 Å². The van der Waals surface area contributed by atoms with Crippen LogP contribution in [0.1, 0.15) is 40.0 Å². The molecule has 0 saturated heterocycles. The molecule has 122 valence electrons. The zero-order chi connectivity index (χ0) is 16.3. The Morgan fingerprint density at radius 2 is 1.81 bits per heavy atom. The van der Waals surface area contributed by atoms with Crippen LogP contribution in [0.2, 0.25) is 0 Å². The Kier molecular flexibility index (Phi) is 10.2. The number of amides is 1. The molecule has 0 radical (unpaired) electrons. The monoisotopic (exact) mass is 303 g/mol. The van der Waals surface area contributed by atoms with Crippen molar-refractivity contribution in [3.63, 3.8) is 0 Å². The zero-order valence-corrected chi connectivity index (χ0v) is 12.9. The minimum Gasteiger partial charge on any atom is -0.466 e. The van der Waals surface area contributed by atoms with Crippen LogP contribution in [0.15, 0.2) is 0 Å². The number of hydrogen-bond donors (Lipinski definition) is 2. The van der Waals surface area contributed by atoms with Gasteiger partial charge in [0.05, 0.1) is 13.2 Å². The number of aliphatic hydroxyl groups is 1. The van der Waals surface area contributed by atoms with Gasteiger partial charge in [-0.1, -0.05) is 20.8 Å². The van der Waals surface area contributed by atoms with E-state index in [-0.39, 0.29) is 37.9 Å². The molecule has 0 heterocycles. The number of carbonyl (C=O) groups excluding carboxylic acids is 3. The summed E-state index contributed by atoms with van der Waals surface area (Å²) in [5, 5.41) is 11.2. The molecular weight excluding hydrogens is 278 g/mol. The average molecular weight is 303 g/mol. The first-order valence-corrected chi connectivity index (χ1v) is 7.15. The lowest BCUT2D eigenvalue weighted by molar-refractivity contribution is -0.150. The minimum absolute atomic E-state index is 0.0112. The van der Waals surface area contributed by atoms with Gasteiger partial charge in [0, 0.05) is 12.3 Å². The summed E-state index contributed by atoms with van der Waals surface area (Å²) in [5.41, 5.74) is 0. The van der Waals surface area contributed by atoms with E-state index in [2.05, 4.69) is 5.32 Å². The van der Waals surface area contributed by atoms with Gasteiger partial charge in [0.2, 0.25) is 5.91 Å². The van der Waals surface area contributed by atoms with Crippen molar-refractivity contribution in [2.45, 2.75) is 46.1 Å². The minimum atomic E-state index is -0.916. The van der Waals surface area contributed by atoms with Crippen molar-refractivity contribution in [1.29, 1.82) is 0 Å². The summed E-state index contributed by atoms with van der Waals surface area (Å²) in [6.45, 7) is 5.16. The van der Waals surface area contributed by atoms with Gasteiger partial charge in [-0.05, 0) is 12.8 Å². The highest BCUT2D eigenvalue weighted by molar-refractivity contribution is 5.85. The number of rotatable bonds is 10. The Balaban J connectivity index is 4.46. The van der Waals surface area contributed by atoms with Gasteiger partial charge in [-0.3, -0.25) is 9.59 Å². The molecule has 0 spiro atoms. The summed E-state index contributed by atoms with van der Waals surface area (Å²) in [6.07, 6.45) is 0.834. The third kappa shape index (κ3) is 9.01. The van der Waals surface area contributed by atoms with Crippen LogP contribution in [-0.2, 0) is 23.9 Å². The van der Waals surface area contributed by atoms with Crippen LogP contribution in [0.25, 0.3) is 0 Å². The first-order valence-electron chi connectivity index (χ1n) is 7.15. The molecule has 0 saturated carbocycles. The molecule has 0 fully saturated rings. The number of carbonyl (C=O) groups is 3. The summed E-state index contributed by atoms with van der Waals surface area (Å²) in [4.78, 5) is 34.9. The van der Waals surface area contributed by atoms with Gasteiger partial charge >= 0.3 is 11.9 Å². The molecule has 0 rings (SSSR count). The van der Waals surface area contributed by atoms with E-state index in [1.54, 1.807) is 13.8 Å². The molecule has 0 aromatic carbocycles. The van der Waals surface area contributed by atoms with Crippen LogP contribution in [0.4, 0.5) is 0 Å². The van der Waals surface area contributed by atoms with E-state index in [4.69, 9.17) is 14.6 Å². The lowest BCUT2D eigenvalue weighted by Gasteiger charge is -2.18. The average Bonchev–Trinajstić information content (AvgIpc) is 2.46.